The summed E-state index contributed by atoms with van der Waals surface area (Å²) in [6, 6.07) is 0. The van der Waals surface area contributed by atoms with Crippen molar-refractivity contribution in [2.45, 2.75) is 66.2 Å². The third kappa shape index (κ3) is 10.5. The van der Waals surface area contributed by atoms with Crippen molar-refractivity contribution in [1.82, 2.24) is 0 Å². The van der Waals surface area contributed by atoms with Crippen molar-refractivity contribution in [3.05, 3.63) is 0 Å². The van der Waals surface area contributed by atoms with Crippen LogP contribution in [0, 0.1) is 0 Å². The summed E-state index contributed by atoms with van der Waals surface area (Å²) in [6.07, 6.45) is 7.47. The molecular formula is C16H37NO3P+. The fourth-order valence-corrected chi connectivity index (χ4v) is 3.21. The van der Waals surface area contributed by atoms with Gasteiger partial charge in [-0.1, -0.05) is 40.0 Å². The standard InChI is InChI=1S/C16H37NO3P/c1-5-9-12-17(13-10-6-2,14-11-7-3)15-16-20-21(18)19-8-4/h21H,5-16H2,1-4H3/q+1. The summed E-state index contributed by atoms with van der Waals surface area (Å²) >= 11 is 0. The first kappa shape index (κ1) is 21.1. The van der Waals surface area contributed by atoms with E-state index >= 15 is 0 Å². The summed E-state index contributed by atoms with van der Waals surface area (Å²) in [7, 11) is -2.28. The van der Waals surface area contributed by atoms with Gasteiger partial charge >= 0.3 is 8.25 Å². The van der Waals surface area contributed by atoms with Gasteiger partial charge < -0.3 is 13.5 Å². The molecule has 0 heterocycles. The van der Waals surface area contributed by atoms with E-state index in [1.165, 1.54) is 58.2 Å². The molecule has 0 radical (unpaired) electrons. The molecule has 0 aliphatic heterocycles. The lowest BCUT2D eigenvalue weighted by Gasteiger charge is -2.39. The fraction of sp³-hybridized carbons (Fsp3) is 1.00. The van der Waals surface area contributed by atoms with Crippen LogP contribution in [-0.4, -0.2) is 43.9 Å². The van der Waals surface area contributed by atoms with Crippen LogP contribution in [0.2, 0.25) is 0 Å². The largest absolute Gasteiger partial charge is 0.322 e. The SMILES string of the molecule is CCCC[N+](CCCC)(CCCC)CCO[PH](=O)OCC. The van der Waals surface area contributed by atoms with Gasteiger partial charge in [0.25, 0.3) is 0 Å². The minimum absolute atomic E-state index is 0.458. The van der Waals surface area contributed by atoms with Crippen molar-refractivity contribution in [2.24, 2.45) is 0 Å². The second-order valence-electron chi connectivity index (χ2n) is 5.83. The lowest BCUT2D eigenvalue weighted by Crippen LogP contribution is -2.51. The highest BCUT2D eigenvalue weighted by molar-refractivity contribution is 7.33. The average molecular weight is 322 g/mol. The summed E-state index contributed by atoms with van der Waals surface area (Å²) in [5, 5.41) is 0. The number of nitrogens with zero attached hydrogens (tertiary/aromatic N) is 1. The number of hydrogen-bond donors (Lipinski definition) is 0. The quantitative estimate of drug-likeness (QED) is 0.325. The van der Waals surface area contributed by atoms with Gasteiger partial charge in [-0.25, -0.2) is 0 Å². The van der Waals surface area contributed by atoms with Crippen molar-refractivity contribution >= 4 is 8.25 Å². The van der Waals surface area contributed by atoms with E-state index in [9.17, 15) is 4.57 Å². The average Bonchev–Trinajstić information content (AvgIpc) is 2.48. The topological polar surface area (TPSA) is 35.5 Å². The molecule has 0 bridgehead atoms. The number of hydrogen-bond acceptors (Lipinski definition) is 3. The minimum Gasteiger partial charge on any atom is -0.322 e. The Kier molecular flexibility index (Phi) is 13.8. The summed E-state index contributed by atoms with van der Waals surface area (Å²) in [5.41, 5.74) is 0. The van der Waals surface area contributed by atoms with Crippen molar-refractivity contribution < 1.29 is 18.1 Å². The second-order valence-corrected chi connectivity index (χ2v) is 6.91. The Morgan fingerprint density at radius 2 is 1.24 bits per heavy atom. The molecule has 1 unspecified atom stereocenters. The molecule has 0 saturated carbocycles. The van der Waals surface area contributed by atoms with Crippen LogP contribution in [0.1, 0.15) is 66.2 Å². The Labute approximate surface area is 132 Å². The highest BCUT2D eigenvalue weighted by Crippen LogP contribution is 2.24. The molecule has 5 heteroatoms. The van der Waals surface area contributed by atoms with E-state index in [-0.39, 0.29) is 0 Å². The first-order chi connectivity index (χ1) is 10.1. The third-order valence-corrected chi connectivity index (χ3v) is 4.97. The first-order valence-electron chi connectivity index (χ1n) is 8.78. The number of unbranched alkanes of at least 4 members (excludes halogenated alkanes) is 3. The molecule has 0 aliphatic carbocycles. The lowest BCUT2D eigenvalue weighted by atomic mass is 10.1. The molecule has 0 fully saturated rings. The molecule has 0 aromatic heterocycles. The predicted octanol–water partition coefficient (Wildman–Crippen LogP) is 4.65. The smallest absolute Gasteiger partial charge is 0.319 e. The fourth-order valence-electron chi connectivity index (χ4n) is 2.63. The minimum atomic E-state index is -2.28. The number of rotatable bonds is 15. The zero-order valence-corrected chi connectivity index (χ0v) is 15.7. The van der Waals surface area contributed by atoms with Gasteiger partial charge in [0.2, 0.25) is 0 Å². The van der Waals surface area contributed by atoms with E-state index in [1.54, 1.807) is 0 Å². The van der Waals surface area contributed by atoms with Crippen molar-refractivity contribution in [3.8, 4) is 0 Å². The summed E-state index contributed by atoms with van der Waals surface area (Å²) in [6.45, 7) is 14.2. The molecule has 0 saturated heterocycles. The van der Waals surface area contributed by atoms with Crippen LogP contribution in [0.25, 0.3) is 0 Å². The van der Waals surface area contributed by atoms with Gasteiger partial charge in [-0.05, 0) is 26.2 Å². The molecule has 1 atom stereocenters. The summed E-state index contributed by atoms with van der Waals surface area (Å²) < 4.78 is 23.0. The van der Waals surface area contributed by atoms with Crippen LogP contribution in [0.5, 0.6) is 0 Å². The normalized spacial score (nSPS) is 13.5. The molecule has 128 valence electrons. The van der Waals surface area contributed by atoms with Crippen molar-refractivity contribution in [3.63, 3.8) is 0 Å². The van der Waals surface area contributed by atoms with Gasteiger partial charge in [-0.2, -0.15) is 0 Å². The van der Waals surface area contributed by atoms with Crippen LogP contribution in [0.4, 0.5) is 0 Å². The Balaban J connectivity index is 4.51. The van der Waals surface area contributed by atoms with Gasteiger partial charge in [0.1, 0.15) is 13.2 Å². The highest BCUT2D eigenvalue weighted by Gasteiger charge is 2.25. The maximum absolute atomic E-state index is 11.5. The van der Waals surface area contributed by atoms with Gasteiger partial charge in [0.15, 0.2) is 0 Å². The molecule has 0 aromatic carbocycles. The molecule has 0 amide bonds. The molecule has 0 aliphatic rings. The summed E-state index contributed by atoms with van der Waals surface area (Å²) in [4.78, 5) is 0. The Bertz CT molecular complexity index is 240. The monoisotopic (exact) mass is 322 g/mol. The van der Waals surface area contributed by atoms with Gasteiger partial charge in [-0.3, -0.25) is 4.57 Å². The van der Waals surface area contributed by atoms with E-state index in [0.717, 1.165) is 11.0 Å². The van der Waals surface area contributed by atoms with Gasteiger partial charge in [0, 0.05) is 0 Å². The maximum Gasteiger partial charge on any atom is 0.319 e. The molecule has 0 rings (SSSR count). The maximum atomic E-state index is 11.5. The molecule has 0 spiro atoms. The summed E-state index contributed by atoms with van der Waals surface area (Å²) in [5.74, 6) is 0. The molecule has 4 nitrogen and oxygen atoms in total. The Hall–Kier alpha value is 0.110. The van der Waals surface area contributed by atoms with Crippen molar-refractivity contribution in [1.29, 1.82) is 0 Å². The van der Waals surface area contributed by atoms with Gasteiger partial charge in [-0.15, -0.1) is 0 Å². The van der Waals surface area contributed by atoms with Crippen LogP contribution >= 0.6 is 8.25 Å². The van der Waals surface area contributed by atoms with Crippen LogP contribution < -0.4 is 0 Å². The van der Waals surface area contributed by atoms with Gasteiger partial charge in [0.05, 0.1) is 26.2 Å². The van der Waals surface area contributed by atoms with E-state index in [0.29, 0.717) is 13.2 Å². The molecule has 0 aromatic rings. The zero-order chi connectivity index (χ0) is 16.0. The third-order valence-electron chi connectivity index (χ3n) is 4.01. The second kappa shape index (κ2) is 13.8. The van der Waals surface area contributed by atoms with Crippen LogP contribution in [-0.2, 0) is 13.6 Å². The Morgan fingerprint density at radius 3 is 1.62 bits per heavy atom. The van der Waals surface area contributed by atoms with E-state index in [4.69, 9.17) is 9.05 Å². The van der Waals surface area contributed by atoms with E-state index < -0.39 is 8.25 Å². The Morgan fingerprint density at radius 1 is 0.762 bits per heavy atom. The number of quaternary nitrogens is 1. The van der Waals surface area contributed by atoms with Crippen LogP contribution in [0.3, 0.4) is 0 Å². The molecule has 0 N–H and O–H groups in total. The van der Waals surface area contributed by atoms with E-state index in [1.807, 2.05) is 6.92 Å². The van der Waals surface area contributed by atoms with Crippen molar-refractivity contribution in [2.75, 3.05) is 39.4 Å². The predicted molar refractivity (Wildman–Crippen MR) is 91.0 cm³/mol. The highest BCUT2D eigenvalue weighted by atomic mass is 31.1. The molecule has 21 heavy (non-hydrogen) atoms. The van der Waals surface area contributed by atoms with Crippen LogP contribution in [0.15, 0.2) is 0 Å². The zero-order valence-electron chi connectivity index (χ0n) is 14.7. The molecular weight excluding hydrogens is 285 g/mol. The first-order valence-corrected chi connectivity index (χ1v) is 10.0. The lowest BCUT2D eigenvalue weighted by molar-refractivity contribution is -0.928. The van der Waals surface area contributed by atoms with E-state index in [2.05, 4.69) is 20.8 Å².